The van der Waals surface area contributed by atoms with Crippen LogP contribution in [0.25, 0.3) is 0 Å². The maximum atomic E-state index is 12.6. The van der Waals surface area contributed by atoms with Gasteiger partial charge in [0, 0.05) is 33.5 Å². The summed E-state index contributed by atoms with van der Waals surface area (Å²) in [6.07, 6.45) is 14.4. The van der Waals surface area contributed by atoms with Gasteiger partial charge in [-0.05, 0) is 111 Å². The molecule has 0 aromatic rings. The summed E-state index contributed by atoms with van der Waals surface area (Å²) < 4.78 is 0. The number of hydrogen-bond donors (Lipinski definition) is 6. The second kappa shape index (κ2) is 12.4. The number of carboxylic acids is 1. The Kier molecular flexibility index (Phi) is 8.99. The Morgan fingerprint density at radius 3 is 1.51 bits per heavy atom. The number of carbonyl (C=O) groups is 4. The molecule has 0 bridgehead atoms. The van der Waals surface area contributed by atoms with Crippen LogP contribution in [0, 0.1) is 69.0 Å². The van der Waals surface area contributed by atoms with E-state index in [1.807, 2.05) is 39.8 Å². The number of Topliss-reactive ketones (excluding diaryl/α,β-unsaturated/α-hetero) is 1. The van der Waals surface area contributed by atoms with Gasteiger partial charge in [0.2, 0.25) is 0 Å². The minimum Gasteiger partial charge on any atom is -0.479 e. The van der Waals surface area contributed by atoms with E-state index in [9.17, 15) is 49.8 Å². The molecule has 0 aromatic heterocycles. The van der Waals surface area contributed by atoms with Gasteiger partial charge in [-0.15, -0.1) is 0 Å². The van der Waals surface area contributed by atoms with Crippen molar-refractivity contribution in [3.63, 3.8) is 0 Å². The van der Waals surface area contributed by atoms with E-state index in [-0.39, 0.29) is 76.2 Å². The molecule has 0 aliphatic heterocycles. The number of fused-ring (bicyclic) bond motifs is 10. The minimum absolute atomic E-state index is 0.000744. The van der Waals surface area contributed by atoms with Crippen molar-refractivity contribution in [2.75, 3.05) is 6.61 Å². The molecule has 0 amide bonds. The SMILES string of the molecule is C[C@@H]1CC2C3CCC4=CC(=O)C=CC4(C)C3[C@@H](O)CC2(C)[C@@]1(O)C(=O)CO.C[C@@H]1CC2C3CCC4=CC(=O)C=CC4(C)C3[C@@H](O)CC2(C)[C@@]1(O)C(=O)O. The molecule has 53 heavy (non-hydrogen) atoms. The van der Waals surface area contributed by atoms with Gasteiger partial charge >= 0.3 is 5.97 Å². The first kappa shape index (κ1) is 38.5. The van der Waals surface area contributed by atoms with Gasteiger partial charge < -0.3 is 30.6 Å². The number of aliphatic carboxylic acids is 1. The number of carbonyl (C=O) groups excluding carboxylic acids is 3. The van der Waals surface area contributed by atoms with E-state index in [0.29, 0.717) is 19.3 Å². The first-order chi connectivity index (χ1) is 24.6. The topological polar surface area (TPSA) is 190 Å². The van der Waals surface area contributed by atoms with Gasteiger partial charge in [-0.1, -0.05) is 64.8 Å². The normalized spacial score (nSPS) is 52.0. The molecule has 0 saturated heterocycles. The largest absolute Gasteiger partial charge is 0.479 e. The summed E-state index contributed by atoms with van der Waals surface area (Å²) in [5, 5.41) is 64.2. The highest BCUT2D eigenvalue weighted by Crippen LogP contribution is 2.70. The van der Waals surface area contributed by atoms with Crippen LogP contribution >= 0.6 is 0 Å². The summed E-state index contributed by atoms with van der Waals surface area (Å²) in [5.74, 6) is -1.92. The highest BCUT2D eigenvalue weighted by atomic mass is 16.4. The van der Waals surface area contributed by atoms with E-state index in [1.54, 1.807) is 24.3 Å². The van der Waals surface area contributed by atoms with Gasteiger partial charge in [0.05, 0.1) is 12.2 Å². The number of aliphatic hydroxyl groups excluding tert-OH is 3. The Morgan fingerprint density at radius 1 is 0.717 bits per heavy atom. The number of rotatable bonds is 3. The molecule has 10 heteroatoms. The van der Waals surface area contributed by atoms with Gasteiger partial charge in [-0.2, -0.15) is 0 Å². The maximum absolute atomic E-state index is 12.6. The zero-order chi connectivity index (χ0) is 38.8. The highest BCUT2D eigenvalue weighted by molar-refractivity contribution is 6.01. The number of aliphatic hydroxyl groups is 5. The van der Waals surface area contributed by atoms with E-state index < -0.39 is 52.6 Å². The number of allylic oxidation sites excluding steroid dienone is 8. The summed E-state index contributed by atoms with van der Waals surface area (Å²) in [7, 11) is 0. The van der Waals surface area contributed by atoms with Crippen LogP contribution in [0.4, 0.5) is 0 Å². The second-order valence-corrected chi connectivity index (χ2v) is 19.1. The van der Waals surface area contributed by atoms with Crippen molar-refractivity contribution in [3.05, 3.63) is 47.6 Å². The lowest BCUT2D eigenvalue weighted by Gasteiger charge is -2.59. The predicted molar refractivity (Wildman–Crippen MR) is 195 cm³/mol. The predicted octanol–water partition coefficient (Wildman–Crippen LogP) is 4.13. The van der Waals surface area contributed by atoms with Crippen LogP contribution in [0.15, 0.2) is 47.6 Å². The Balaban J connectivity index is 0.000000164. The molecule has 16 atom stereocenters. The Labute approximate surface area is 312 Å². The molecule has 0 spiro atoms. The van der Waals surface area contributed by atoms with Crippen molar-refractivity contribution in [3.8, 4) is 0 Å². The van der Waals surface area contributed by atoms with Crippen molar-refractivity contribution in [1.29, 1.82) is 0 Å². The van der Waals surface area contributed by atoms with Crippen molar-refractivity contribution in [2.24, 2.45) is 69.0 Å². The fourth-order valence-electron chi connectivity index (χ4n) is 14.5. The van der Waals surface area contributed by atoms with E-state index in [1.165, 1.54) is 0 Å². The van der Waals surface area contributed by atoms with E-state index in [2.05, 4.69) is 13.8 Å². The third-order valence-corrected chi connectivity index (χ3v) is 17.0. The zero-order valence-electron chi connectivity index (χ0n) is 31.9. The molecule has 10 unspecified atom stereocenters. The number of carboxylic acid groups (broad SMARTS) is 1. The van der Waals surface area contributed by atoms with E-state index >= 15 is 0 Å². The second-order valence-electron chi connectivity index (χ2n) is 19.1. The molecule has 6 fully saturated rings. The van der Waals surface area contributed by atoms with Gasteiger partial charge in [0.25, 0.3) is 0 Å². The molecule has 0 aromatic carbocycles. The summed E-state index contributed by atoms with van der Waals surface area (Å²) in [6.45, 7) is 11.0. The smallest absolute Gasteiger partial charge is 0.336 e. The Hall–Kier alpha value is -2.76. The van der Waals surface area contributed by atoms with Crippen LogP contribution in [0.5, 0.6) is 0 Å². The molecule has 6 N–H and O–H groups in total. The van der Waals surface area contributed by atoms with Crippen molar-refractivity contribution in [2.45, 2.75) is 116 Å². The van der Waals surface area contributed by atoms with E-state index in [4.69, 9.17) is 0 Å². The average molecular weight is 735 g/mol. The van der Waals surface area contributed by atoms with Crippen molar-refractivity contribution >= 4 is 23.3 Å². The lowest BCUT2D eigenvalue weighted by molar-refractivity contribution is -0.197. The highest BCUT2D eigenvalue weighted by Gasteiger charge is 2.72. The molecular formula is C43H58O10. The van der Waals surface area contributed by atoms with Gasteiger partial charge in [0.1, 0.15) is 12.2 Å². The maximum Gasteiger partial charge on any atom is 0.336 e. The molecule has 10 nitrogen and oxygen atoms in total. The van der Waals surface area contributed by atoms with Crippen molar-refractivity contribution < 1.29 is 49.8 Å². The summed E-state index contributed by atoms with van der Waals surface area (Å²) in [5.41, 5.74) is -3.57. The zero-order valence-corrected chi connectivity index (χ0v) is 31.9. The van der Waals surface area contributed by atoms with Crippen molar-refractivity contribution in [1.82, 2.24) is 0 Å². The van der Waals surface area contributed by atoms with Crippen LogP contribution in [-0.2, 0) is 19.2 Å². The van der Waals surface area contributed by atoms with Crippen LogP contribution in [-0.4, -0.2) is 84.0 Å². The quantitative estimate of drug-likeness (QED) is 0.246. The number of ketones is 3. The third-order valence-electron chi connectivity index (χ3n) is 17.0. The summed E-state index contributed by atoms with van der Waals surface area (Å²) in [4.78, 5) is 48.2. The number of hydrogen-bond acceptors (Lipinski definition) is 9. The first-order valence-corrected chi connectivity index (χ1v) is 19.7. The molecular weight excluding hydrogens is 676 g/mol. The third kappa shape index (κ3) is 4.93. The lowest BCUT2D eigenvalue weighted by atomic mass is 9.46. The van der Waals surface area contributed by atoms with Crippen LogP contribution < -0.4 is 0 Å². The molecule has 6 saturated carbocycles. The first-order valence-electron chi connectivity index (χ1n) is 19.7. The Morgan fingerprint density at radius 2 is 1.11 bits per heavy atom. The fraction of sp³-hybridized carbons (Fsp3) is 0.721. The molecule has 290 valence electrons. The average Bonchev–Trinajstić information content (AvgIpc) is 3.43. The molecule has 0 heterocycles. The van der Waals surface area contributed by atoms with E-state index in [0.717, 1.165) is 36.8 Å². The summed E-state index contributed by atoms with van der Waals surface area (Å²) >= 11 is 0. The van der Waals surface area contributed by atoms with Crippen LogP contribution in [0.3, 0.4) is 0 Å². The van der Waals surface area contributed by atoms with Crippen LogP contribution in [0.1, 0.15) is 92.9 Å². The van der Waals surface area contributed by atoms with Gasteiger partial charge in [0.15, 0.2) is 23.0 Å². The molecule has 0 radical (unpaired) electrons. The minimum atomic E-state index is -1.81. The van der Waals surface area contributed by atoms with Crippen LogP contribution in [0.2, 0.25) is 0 Å². The molecule has 8 rings (SSSR count). The Bertz CT molecular complexity index is 1740. The van der Waals surface area contributed by atoms with Gasteiger partial charge in [-0.25, -0.2) is 4.79 Å². The standard InChI is InChI=1S/C22H30O5.C21H28O5/c1-12-8-16-15-5-4-13-9-14(24)6-7-20(13,2)19(15)17(25)10-21(16,3)22(12,27)18(26)11-23;1-11-8-15-14-5-4-12-9-13(22)6-7-19(12,2)17(14)16(23)10-20(15,3)21(11,26)18(24)25/h6-7,9,12,15-17,19,23,25,27H,4-5,8,10-11H2,1-3H3;6-7,9,11,14-17,23,26H,4-5,8,10H2,1-3H3,(H,24,25)/t12-,15?,16?,17+,19?,20?,21?,22+;11-,14?,15?,16+,17?,19?,20?,21+/m11/s1. The molecule has 8 aliphatic carbocycles. The lowest BCUT2D eigenvalue weighted by Crippen LogP contribution is -2.62. The van der Waals surface area contributed by atoms with Gasteiger partial charge in [-0.3, -0.25) is 14.4 Å². The monoisotopic (exact) mass is 734 g/mol. The molecule has 8 aliphatic rings. The summed E-state index contributed by atoms with van der Waals surface area (Å²) in [6, 6.07) is 0. The fourth-order valence-corrected chi connectivity index (χ4v) is 14.5.